The fraction of sp³-hybridized carbons (Fsp3) is 0.235. The summed E-state index contributed by atoms with van der Waals surface area (Å²) in [6.45, 7) is 3.74. The summed E-state index contributed by atoms with van der Waals surface area (Å²) in [5.41, 5.74) is 7.58. The van der Waals surface area contributed by atoms with Crippen molar-refractivity contribution in [3.8, 4) is 0 Å². The van der Waals surface area contributed by atoms with Crippen LogP contribution in [0.5, 0.6) is 0 Å². The average molecular weight is 360 g/mol. The fourth-order valence-corrected chi connectivity index (χ4v) is 2.71. The van der Waals surface area contributed by atoms with Crippen molar-refractivity contribution in [2.24, 2.45) is 0 Å². The maximum atomic E-state index is 11.7. The Morgan fingerprint density at radius 1 is 1.00 bits per heavy atom. The number of hydrogen-bond acceptors (Lipinski definition) is 5. The van der Waals surface area contributed by atoms with Crippen LogP contribution < -0.4 is 21.5 Å². The van der Waals surface area contributed by atoms with Crippen LogP contribution in [0.15, 0.2) is 35.7 Å². The number of amides is 3. The SMILES string of the molecule is Cc1ccc(NCC(=O)NNC(=O)CNC(=O)c2cccs2)c(C)c1. The molecule has 2 aromatic rings. The molecule has 0 bridgehead atoms. The van der Waals surface area contributed by atoms with Gasteiger partial charge < -0.3 is 10.6 Å². The Hall–Kier alpha value is -2.87. The second-order valence-corrected chi connectivity index (χ2v) is 6.38. The second-order valence-electron chi connectivity index (χ2n) is 5.43. The molecule has 8 heteroatoms. The van der Waals surface area contributed by atoms with E-state index in [1.54, 1.807) is 17.5 Å². The third-order valence-electron chi connectivity index (χ3n) is 3.32. The molecule has 1 aromatic heterocycles. The summed E-state index contributed by atoms with van der Waals surface area (Å²) in [5.74, 6) is -1.23. The van der Waals surface area contributed by atoms with Crippen molar-refractivity contribution < 1.29 is 14.4 Å². The van der Waals surface area contributed by atoms with Gasteiger partial charge in [0.2, 0.25) is 0 Å². The Morgan fingerprint density at radius 2 is 1.72 bits per heavy atom. The largest absolute Gasteiger partial charge is 0.376 e. The highest BCUT2D eigenvalue weighted by molar-refractivity contribution is 7.12. The lowest BCUT2D eigenvalue weighted by Gasteiger charge is -2.11. The van der Waals surface area contributed by atoms with Crippen LogP contribution in [-0.2, 0) is 9.59 Å². The van der Waals surface area contributed by atoms with Gasteiger partial charge in [-0.1, -0.05) is 23.8 Å². The van der Waals surface area contributed by atoms with Gasteiger partial charge in [0.05, 0.1) is 18.0 Å². The molecule has 0 radical (unpaired) electrons. The minimum absolute atomic E-state index is 0.0196. The van der Waals surface area contributed by atoms with Crippen LogP contribution in [0.1, 0.15) is 20.8 Å². The Morgan fingerprint density at radius 3 is 2.36 bits per heavy atom. The zero-order valence-corrected chi connectivity index (χ0v) is 14.8. The zero-order chi connectivity index (χ0) is 18.2. The average Bonchev–Trinajstić information content (AvgIpc) is 3.11. The predicted octanol–water partition coefficient (Wildman–Crippen LogP) is 1.35. The van der Waals surface area contributed by atoms with Crippen molar-refractivity contribution in [2.75, 3.05) is 18.4 Å². The van der Waals surface area contributed by atoms with Crippen molar-refractivity contribution >= 4 is 34.7 Å². The van der Waals surface area contributed by atoms with E-state index in [4.69, 9.17) is 0 Å². The first-order valence-corrected chi connectivity index (χ1v) is 8.54. The molecule has 0 fully saturated rings. The Kier molecular flexibility index (Phi) is 6.53. The van der Waals surface area contributed by atoms with Gasteiger partial charge in [-0.3, -0.25) is 25.2 Å². The number of rotatable bonds is 6. The van der Waals surface area contributed by atoms with Crippen LogP contribution in [0.2, 0.25) is 0 Å². The van der Waals surface area contributed by atoms with Gasteiger partial charge in [0.15, 0.2) is 0 Å². The molecule has 25 heavy (non-hydrogen) atoms. The van der Waals surface area contributed by atoms with E-state index in [-0.39, 0.29) is 19.0 Å². The monoisotopic (exact) mass is 360 g/mol. The summed E-state index contributed by atoms with van der Waals surface area (Å²) in [5, 5.41) is 7.25. The van der Waals surface area contributed by atoms with Crippen LogP contribution in [0.25, 0.3) is 0 Å². The molecule has 0 spiro atoms. The second kappa shape index (κ2) is 8.84. The molecular weight excluding hydrogens is 340 g/mol. The maximum absolute atomic E-state index is 11.7. The number of hydrazine groups is 1. The topological polar surface area (TPSA) is 99.3 Å². The number of anilines is 1. The molecule has 3 amide bonds. The summed E-state index contributed by atoms with van der Waals surface area (Å²) in [6, 6.07) is 9.28. The summed E-state index contributed by atoms with van der Waals surface area (Å²) in [7, 11) is 0. The number of nitrogens with one attached hydrogen (secondary N) is 4. The lowest BCUT2D eigenvalue weighted by molar-refractivity contribution is -0.127. The van der Waals surface area contributed by atoms with Crippen molar-refractivity contribution in [3.05, 3.63) is 51.7 Å². The smallest absolute Gasteiger partial charge is 0.261 e. The third-order valence-corrected chi connectivity index (χ3v) is 4.19. The van der Waals surface area contributed by atoms with Gasteiger partial charge in [-0.05, 0) is 36.9 Å². The number of thiophene rings is 1. The fourth-order valence-electron chi connectivity index (χ4n) is 2.07. The summed E-state index contributed by atoms with van der Waals surface area (Å²) in [6.07, 6.45) is 0. The molecule has 0 aliphatic rings. The van der Waals surface area contributed by atoms with Crippen LogP contribution in [-0.4, -0.2) is 30.8 Å². The molecule has 1 aromatic carbocycles. The molecule has 2 rings (SSSR count). The van der Waals surface area contributed by atoms with E-state index in [1.807, 2.05) is 32.0 Å². The molecule has 0 saturated heterocycles. The number of carbonyl (C=O) groups excluding carboxylic acids is 3. The quantitative estimate of drug-likeness (QED) is 0.585. The molecule has 0 atom stereocenters. The van der Waals surface area contributed by atoms with Crippen molar-refractivity contribution in [3.63, 3.8) is 0 Å². The van der Waals surface area contributed by atoms with Gasteiger partial charge in [0.1, 0.15) is 0 Å². The first-order chi connectivity index (χ1) is 12.0. The number of aryl methyl sites for hydroxylation is 2. The highest BCUT2D eigenvalue weighted by Gasteiger charge is 2.09. The first-order valence-electron chi connectivity index (χ1n) is 7.66. The normalized spacial score (nSPS) is 10.0. The van der Waals surface area contributed by atoms with Gasteiger partial charge >= 0.3 is 0 Å². The predicted molar refractivity (Wildman–Crippen MR) is 97.3 cm³/mol. The minimum Gasteiger partial charge on any atom is -0.376 e. The van der Waals surface area contributed by atoms with E-state index in [1.165, 1.54) is 11.3 Å². The van der Waals surface area contributed by atoms with E-state index in [9.17, 15) is 14.4 Å². The molecule has 0 saturated carbocycles. The summed E-state index contributed by atoms with van der Waals surface area (Å²) < 4.78 is 0. The van der Waals surface area contributed by atoms with Gasteiger partial charge in [-0.25, -0.2) is 0 Å². The first kappa shape index (κ1) is 18.5. The maximum Gasteiger partial charge on any atom is 0.261 e. The molecular formula is C17H20N4O3S. The molecule has 0 unspecified atom stereocenters. The molecule has 132 valence electrons. The van der Waals surface area contributed by atoms with E-state index in [2.05, 4.69) is 21.5 Å². The molecule has 1 heterocycles. The van der Waals surface area contributed by atoms with Crippen LogP contribution in [0.4, 0.5) is 5.69 Å². The van der Waals surface area contributed by atoms with Gasteiger partial charge in [0, 0.05) is 5.69 Å². The van der Waals surface area contributed by atoms with Crippen LogP contribution >= 0.6 is 11.3 Å². The van der Waals surface area contributed by atoms with Crippen molar-refractivity contribution in [1.82, 2.24) is 16.2 Å². The Balaban J connectivity index is 1.67. The Bertz CT molecular complexity index is 759. The molecule has 7 nitrogen and oxygen atoms in total. The standard InChI is InChI=1S/C17H20N4O3S/c1-11-5-6-13(12(2)8-11)18-9-15(22)20-21-16(23)10-19-17(24)14-4-3-7-25-14/h3-8,18H,9-10H2,1-2H3,(H,19,24)(H,20,22)(H,21,23). The summed E-state index contributed by atoms with van der Waals surface area (Å²) >= 11 is 1.29. The minimum atomic E-state index is -0.509. The lowest BCUT2D eigenvalue weighted by Crippen LogP contribution is -2.47. The van der Waals surface area contributed by atoms with Crippen LogP contribution in [0.3, 0.4) is 0 Å². The molecule has 0 aliphatic heterocycles. The molecule has 0 aliphatic carbocycles. The third kappa shape index (κ3) is 5.92. The highest BCUT2D eigenvalue weighted by Crippen LogP contribution is 2.15. The van der Waals surface area contributed by atoms with Gasteiger partial charge in [0.25, 0.3) is 17.7 Å². The van der Waals surface area contributed by atoms with Crippen LogP contribution in [0, 0.1) is 13.8 Å². The molecule has 4 N–H and O–H groups in total. The van der Waals surface area contributed by atoms with E-state index < -0.39 is 11.8 Å². The number of carbonyl (C=O) groups is 3. The summed E-state index contributed by atoms with van der Waals surface area (Å²) in [4.78, 5) is 35.6. The van der Waals surface area contributed by atoms with Crippen molar-refractivity contribution in [2.45, 2.75) is 13.8 Å². The van der Waals surface area contributed by atoms with Gasteiger partial charge in [-0.15, -0.1) is 11.3 Å². The highest BCUT2D eigenvalue weighted by atomic mass is 32.1. The lowest BCUT2D eigenvalue weighted by atomic mass is 10.1. The Labute approximate surface area is 149 Å². The zero-order valence-electron chi connectivity index (χ0n) is 14.0. The van der Waals surface area contributed by atoms with Crippen molar-refractivity contribution in [1.29, 1.82) is 0 Å². The van der Waals surface area contributed by atoms with E-state index in [0.717, 1.165) is 16.8 Å². The van der Waals surface area contributed by atoms with Gasteiger partial charge in [-0.2, -0.15) is 0 Å². The van der Waals surface area contributed by atoms with E-state index >= 15 is 0 Å². The number of hydrogen-bond donors (Lipinski definition) is 4. The number of benzene rings is 1. The van der Waals surface area contributed by atoms with E-state index in [0.29, 0.717) is 4.88 Å².